The summed E-state index contributed by atoms with van der Waals surface area (Å²) in [6, 6.07) is 0. The fourth-order valence-corrected chi connectivity index (χ4v) is 2.14. The second kappa shape index (κ2) is 3.68. The zero-order valence-electron chi connectivity index (χ0n) is 4.60. The molecule has 50 valence electrons. The molecule has 0 amide bonds. The minimum Gasteiger partial charge on any atom is -0.244 e. The Morgan fingerprint density at radius 3 is 2.56 bits per heavy atom. The highest BCUT2D eigenvalue weighted by Crippen LogP contribution is 2.14. The summed E-state index contributed by atoms with van der Waals surface area (Å²) in [5.74, 6) is 0. The first kappa shape index (κ1) is 7.69. The summed E-state index contributed by atoms with van der Waals surface area (Å²) >= 11 is 8.35. The van der Waals surface area contributed by atoms with E-state index in [-0.39, 0.29) is 0 Å². The van der Waals surface area contributed by atoms with Gasteiger partial charge in [-0.05, 0) is 0 Å². The SMILES string of the molecule is BrCc1csc(CBr)n1. The van der Waals surface area contributed by atoms with Crippen molar-refractivity contribution >= 4 is 43.2 Å². The van der Waals surface area contributed by atoms with E-state index in [4.69, 9.17) is 0 Å². The van der Waals surface area contributed by atoms with E-state index in [1.165, 1.54) is 0 Å². The van der Waals surface area contributed by atoms with Crippen LogP contribution in [0.25, 0.3) is 0 Å². The second-order valence-electron chi connectivity index (χ2n) is 1.50. The molecule has 1 aromatic rings. The predicted molar refractivity (Wildman–Crippen MR) is 47.4 cm³/mol. The van der Waals surface area contributed by atoms with Crippen molar-refractivity contribution in [2.45, 2.75) is 10.7 Å². The van der Waals surface area contributed by atoms with Gasteiger partial charge in [0.1, 0.15) is 5.01 Å². The molecule has 0 aliphatic heterocycles. The molecule has 0 saturated heterocycles. The van der Waals surface area contributed by atoms with Crippen molar-refractivity contribution in [3.8, 4) is 0 Å². The van der Waals surface area contributed by atoms with Gasteiger partial charge >= 0.3 is 0 Å². The average molecular weight is 271 g/mol. The van der Waals surface area contributed by atoms with Crippen molar-refractivity contribution in [1.82, 2.24) is 4.98 Å². The summed E-state index contributed by atoms with van der Waals surface area (Å²) in [4.78, 5) is 4.27. The molecule has 0 fully saturated rings. The second-order valence-corrected chi connectivity index (χ2v) is 3.56. The summed E-state index contributed by atoms with van der Waals surface area (Å²) in [7, 11) is 0. The molecule has 1 heterocycles. The van der Waals surface area contributed by atoms with Gasteiger partial charge in [-0.1, -0.05) is 31.9 Å². The number of alkyl halides is 2. The Bertz CT molecular complexity index is 168. The number of nitrogens with zero attached hydrogens (tertiary/aromatic N) is 1. The average Bonchev–Trinajstić information content (AvgIpc) is 2.34. The van der Waals surface area contributed by atoms with Crippen LogP contribution < -0.4 is 0 Å². The quantitative estimate of drug-likeness (QED) is 0.753. The summed E-state index contributed by atoms with van der Waals surface area (Å²) < 4.78 is 0. The van der Waals surface area contributed by atoms with Crippen molar-refractivity contribution in [3.63, 3.8) is 0 Å². The Kier molecular flexibility index (Phi) is 3.15. The fourth-order valence-electron chi connectivity index (χ4n) is 0.472. The Hall–Kier alpha value is 0.590. The van der Waals surface area contributed by atoms with E-state index in [0.717, 1.165) is 21.4 Å². The first-order valence-electron chi connectivity index (χ1n) is 2.42. The third-order valence-electron chi connectivity index (χ3n) is 0.851. The van der Waals surface area contributed by atoms with Gasteiger partial charge in [0.05, 0.1) is 11.0 Å². The van der Waals surface area contributed by atoms with E-state index in [2.05, 4.69) is 42.2 Å². The molecule has 0 unspecified atom stereocenters. The monoisotopic (exact) mass is 269 g/mol. The molecular weight excluding hydrogens is 266 g/mol. The smallest absolute Gasteiger partial charge is 0.103 e. The van der Waals surface area contributed by atoms with Gasteiger partial charge < -0.3 is 0 Å². The van der Waals surface area contributed by atoms with Crippen molar-refractivity contribution < 1.29 is 0 Å². The summed E-state index contributed by atoms with van der Waals surface area (Å²) in [5.41, 5.74) is 1.12. The van der Waals surface area contributed by atoms with Crippen LogP contribution in [0.5, 0.6) is 0 Å². The van der Waals surface area contributed by atoms with Crippen molar-refractivity contribution in [3.05, 3.63) is 16.1 Å². The Balaban J connectivity index is 2.74. The summed E-state index contributed by atoms with van der Waals surface area (Å²) in [6.45, 7) is 0. The van der Waals surface area contributed by atoms with E-state index in [9.17, 15) is 0 Å². The van der Waals surface area contributed by atoms with Gasteiger partial charge in [0, 0.05) is 10.7 Å². The standard InChI is InChI=1S/C5H5Br2NS/c6-1-4-3-9-5(2-7)8-4/h3H,1-2H2. The van der Waals surface area contributed by atoms with Crippen molar-refractivity contribution in [1.29, 1.82) is 0 Å². The highest BCUT2D eigenvalue weighted by Gasteiger charge is 1.96. The molecule has 0 saturated carbocycles. The maximum absolute atomic E-state index is 4.27. The molecular formula is C5H5Br2NS. The number of hydrogen-bond donors (Lipinski definition) is 0. The highest BCUT2D eigenvalue weighted by atomic mass is 79.9. The number of halogens is 2. The normalized spacial score (nSPS) is 10.0. The lowest BCUT2D eigenvalue weighted by molar-refractivity contribution is 1.18. The van der Waals surface area contributed by atoms with Gasteiger partial charge in [0.25, 0.3) is 0 Å². The van der Waals surface area contributed by atoms with Gasteiger partial charge in [-0.3, -0.25) is 0 Å². The lowest BCUT2D eigenvalue weighted by atomic mass is 10.6. The lowest BCUT2D eigenvalue weighted by Crippen LogP contribution is -1.77. The first-order chi connectivity index (χ1) is 4.36. The molecule has 0 bridgehead atoms. The predicted octanol–water partition coefficient (Wildman–Crippen LogP) is 2.93. The van der Waals surface area contributed by atoms with Crippen LogP contribution in [0.4, 0.5) is 0 Å². The lowest BCUT2D eigenvalue weighted by Gasteiger charge is -1.81. The Labute approximate surface area is 74.8 Å². The summed E-state index contributed by atoms with van der Waals surface area (Å²) in [5, 5.41) is 4.93. The van der Waals surface area contributed by atoms with E-state index < -0.39 is 0 Å². The Morgan fingerprint density at radius 2 is 2.22 bits per heavy atom. The highest BCUT2D eigenvalue weighted by molar-refractivity contribution is 9.08. The molecule has 0 spiro atoms. The minimum absolute atomic E-state index is 0.858. The third-order valence-corrected chi connectivity index (χ3v) is 3.22. The van der Waals surface area contributed by atoms with Gasteiger partial charge in [0.2, 0.25) is 0 Å². The molecule has 0 atom stereocenters. The van der Waals surface area contributed by atoms with Crippen LogP contribution in [0.15, 0.2) is 5.38 Å². The minimum atomic E-state index is 0.858. The van der Waals surface area contributed by atoms with E-state index in [0.29, 0.717) is 0 Å². The van der Waals surface area contributed by atoms with Gasteiger partial charge in [0.15, 0.2) is 0 Å². The molecule has 1 nitrogen and oxygen atoms in total. The maximum Gasteiger partial charge on any atom is 0.103 e. The number of hydrogen-bond acceptors (Lipinski definition) is 2. The van der Waals surface area contributed by atoms with Crippen LogP contribution in [0.3, 0.4) is 0 Å². The molecule has 0 aromatic carbocycles. The van der Waals surface area contributed by atoms with E-state index in [1.807, 2.05) is 0 Å². The molecule has 9 heavy (non-hydrogen) atoms. The zero-order chi connectivity index (χ0) is 6.69. The molecule has 0 N–H and O–H groups in total. The van der Waals surface area contributed by atoms with Crippen LogP contribution in [0.1, 0.15) is 10.7 Å². The van der Waals surface area contributed by atoms with Crippen LogP contribution in [-0.4, -0.2) is 4.98 Å². The largest absolute Gasteiger partial charge is 0.244 e. The first-order valence-corrected chi connectivity index (χ1v) is 5.54. The maximum atomic E-state index is 4.27. The van der Waals surface area contributed by atoms with Crippen molar-refractivity contribution in [2.24, 2.45) is 0 Å². The van der Waals surface area contributed by atoms with Gasteiger partial charge in [-0.2, -0.15) is 0 Å². The molecule has 1 aromatic heterocycles. The topological polar surface area (TPSA) is 12.9 Å². The van der Waals surface area contributed by atoms with Crippen LogP contribution >= 0.6 is 43.2 Å². The molecule has 4 heteroatoms. The number of thiazole rings is 1. The molecule has 1 rings (SSSR count). The fraction of sp³-hybridized carbons (Fsp3) is 0.400. The number of aromatic nitrogens is 1. The van der Waals surface area contributed by atoms with Crippen LogP contribution in [0, 0.1) is 0 Å². The summed E-state index contributed by atoms with van der Waals surface area (Å²) in [6.07, 6.45) is 0. The van der Waals surface area contributed by atoms with Gasteiger partial charge in [-0.25, -0.2) is 4.98 Å². The van der Waals surface area contributed by atoms with E-state index >= 15 is 0 Å². The Morgan fingerprint density at radius 1 is 1.44 bits per heavy atom. The molecule has 0 radical (unpaired) electrons. The van der Waals surface area contributed by atoms with Gasteiger partial charge in [-0.15, -0.1) is 11.3 Å². The van der Waals surface area contributed by atoms with Crippen LogP contribution in [0.2, 0.25) is 0 Å². The van der Waals surface area contributed by atoms with E-state index in [1.54, 1.807) is 11.3 Å². The zero-order valence-corrected chi connectivity index (χ0v) is 8.59. The van der Waals surface area contributed by atoms with Crippen LogP contribution in [-0.2, 0) is 10.7 Å². The third kappa shape index (κ3) is 2.02. The molecule has 0 aliphatic rings. The van der Waals surface area contributed by atoms with Crippen molar-refractivity contribution in [2.75, 3.05) is 0 Å². The number of rotatable bonds is 2. The molecule has 0 aliphatic carbocycles.